The van der Waals surface area contributed by atoms with Crippen LogP contribution >= 0.6 is 0 Å². The maximum absolute atomic E-state index is 11.6. The number of nitrogens with one attached hydrogen (secondary N) is 2. The minimum Gasteiger partial charge on any atom is -0.486 e. The molecule has 0 fully saturated rings. The van der Waals surface area contributed by atoms with Gasteiger partial charge in [-0.1, -0.05) is 13.8 Å². The number of urea groups is 1. The first kappa shape index (κ1) is 12.5. The molecule has 18 heavy (non-hydrogen) atoms. The van der Waals surface area contributed by atoms with E-state index in [1.165, 1.54) is 0 Å². The molecule has 5 nitrogen and oxygen atoms in total. The van der Waals surface area contributed by atoms with Gasteiger partial charge in [-0.15, -0.1) is 0 Å². The fraction of sp³-hybridized carbons (Fsp3) is 0.462. The molecule has 98 valence electrons. The van der Waals surface area contributed by atoms with E-state index in [2.05, 4.69) is 10.6 Å². The molecule has 5 heteroatoms. The van der Waals surface area contributed by atoms with E-state index in [0.29, 0.717) is 37.1 Å². The zero-order valence-corrected chi connectivity index (χ0v) is 10.7. The lowest BCUT2D eigenvalue weighted by molar-refractivity contribution is 0.171. The maximum atomic E-state index is 11.6. The van der Waals surface area contributed by atoms with Crippen LogP contribution in [0.3, 0.4) is 0 Å². The van der Waals surface area contributed by atoms with E-state index >= 15 is 0 Å². The molecule has 0 aliphatic carbocycles. The number of ether oxygens (including phenoxy) is 2. The van der Waals surface area contributed by atoms with Crippen molar-refractivity contribution >= 4 is 11.7 Å². The molecule has 2 rings (SSSR count). The Morgan fingerprint density at radius 3 is 2.72 bits per heavy atom. The van der Waals surface area contributed by atoms with Gasteiger partial charge in [-0.05, 0) is 18.1 Å². The summed E-state index contributed by atoms with van der Waals surface area (Å²) in [6, 6.07) is 5.15. The molecule has 2 N–H and O–H groups in total. The van der Waals surface area contributed by atoms with Crippen LogP contribution in [0.2, 0.25) is 0 Å². The second-order valence-electron chi connectivity index (χ2n) is 4.59. The molecule has 1 aliphatic rings. The minimum absolute atomic E-state index is 0.208. The van der Waals surface area contributed by atoms with Gasteiger partial charge < -0.3 is 20.1 Å². The first-order chi connectivity index (χ1) is 8.65. The zero-order valence-electron chi connectivity index (χ0n) is 10.7. The van der Waals surface area contributed by atoms with Crippen LogP contribution in [0.25, 0.3) is 0 Å². The van der Waals surface area contributed by atoms with Gasteiger partial charge in [0.2, 0.25) is 0 Å². The first-order valence-electron chi connectivity index (χ1n) is 6.09. The lowest BCUT2D eigenvalue weighted by Crippen LogP contribution is -2.31. The number of hydrogen-bond acceptors (Lipinski definition) is 3. The summed E-state index contributed by atoms with van der Waals surface area (Å²) in [6.07, 6.45) is 0. The Bertz CT molecular complexity index is 432. The van der Waals surface area contributed by atoms with E-state index in [4.69, 9.17) is 9.47 Å². The van der Waals surface area contributed by atoms with Crippen molar-refractivity contribution in [2.75, 3.05) is 25.1 Å². The first-order valence-corrected chi connectivity index (χ1v) is 6.09. The van der Waals surface area contributed by atoms with Gasteiger partial charge in [0, 0.05) is 18.3 Å². The molecular formula is C13H18N2O3. The van der Waals surface area contributed by atoms with Crippen LogP contribution in [0.4, 0.5) is 10.5 Å². The molecule has 0 bridgehead atoms. The SMILES string of the molecule is CC(C)CNC(=O)Nc1ccc2c(c1)OCCO2. The molecule has 0 saturated carbocycles. The lowest BCUT2D eigenvalue weighted by Gasteiger charge is -2.19. The number of anilines is 1. The number of carbonyl (C=O) groups is 1. The normalized spacial score (nSPS) is 13.3. The van der Waals surface area contributed by atoms with E-state index in [9.17, 15) is 4.79 Å². The van der Waals surface area contributed by atoms with Crippen LogP contribution in [-0.4, -0.2) is 25.8 Å². The fourth-order valence-corrected chi connectivity index (χ4v) is 1.59. The summed E-state index contributed by atoms with van der Waals surface area (Å²) < 4.78 is 10.9. The molecule has 0 atom stereocenters. The van der Waals surface area contributed by atoms with E-state index in [1.54, 1.807) is 18.2 Å². The highest BCUT2D eigenvalue weighted by Gasteiger charge is 2.12. The summed E-state index contributed by atoms with van der Waals surface area (Å²) in [5.74, 6) is 1.81. The second-order valence-corrected chi connectivity index (χ2v) is 4.59. The minimum atomic E-state index is -0.208. The highest BCUT2D eigenvalue weighted by molar-refractivity contribution is 5.89. The molecule has 0 radical (unpaired) electrons. The van der Waals surface area contributed by atoms with Crippen molar-refractivity contribution in [1.29, 1.82) is 0 Å². The van der Waals surface area contributed by atoms with Crippen LogP contribution in [0.5, 0.6) is 11.5 Å². The smallest absolute Gasteiger partial charge is 0.319 e. The Kier molecular flexibility index (Phi) is 3.92. The molecule has 0 spiro atoms. The van der Waals surface area contributed by atoms with Crippen molar-refractivity contribution in [2.24, 2.45) is 5.92 Å². The Morgan fingerprint density at radius 1 is 1.28 bits per heavy atom. The third-order valence-corrected chi connectivity index (χ3v) is 2.47. The monoisotopic (exact) mass is 250 g/mol. The largest absolute Gasteiger partial charge is 0.486 e. The van der Waals surface area contributed by atoms with Crippen LogP contribution in [-0.2, 0) is 0 Å². The summed E-state index contributed by atoms with van der Waals surface area (Å²) in [5.41, 5.74) is 0.695. The van der Waals surface area contributed by atoms with Gasteiger partial charge >= 0.3 is 6.03 Å². The topological polar surface area (TPSA) is 59.6 Å². The molecule has 0 unspecified atom stereocenters. The molecule has 1 aromatic rings. The van der Waals surface area contributed by atoms with Gasteiger partial charge in [0.15, 0.2) is 11.5 Å². The number of rotatable bonds is 3. The van der Waals surface area contributed by atoms with Crippen LogP contribution < -0.4 is 20.1 Å². The van der Waals surface area contributed by atoms with E-state index < -0.39 is 0 Å². The molecule has 2 amide bonds. The summed E-state index contributed by atoms with van der Waals surface area (Å²) >= 11 is 0. The van der Waals surface area contributed by atoms with E-state index in [-0.39, 0.29) is 6.03 Å². The zero-order chi connectivity index (χ0) is 13.0. The molecular weight excluding hydrogens is 232 g/mol. The average Bonchev–Trinajstić information content (AvgIpc) is 2.36. The molecule has 1 aromatic carbocycles. The molecule has 0 saturated heterocycles. The van der Waals surface area contributed by atoms with Crippen molar-refractivity contribution in [3.63, 3.8) is 0 Å². The highest BCUT2D eigenvalue weighted by Crippen LogP contribution is 2.32. The molecule has 0 aromatic heterocycles. The number of benzene rings is 1. The Labute approximate surface area is 106 Å². The fourth-order valence-electron chi connectivity index (χ4n) is 1.59. The molecule has 1 aliphatic heterocycles. The predicted molar refractivity (Wildman–Crippen MR) is 69.3 cm³/mol. The highest BCUT2D eigenvalue weighted by atomic mass is 16.6. The van der Waals surface area contributed by atoms with Crippen molar-refractivity contribution in [1.82, 2.24) is 5.32 Å². The summed E-state index contributed by atoms with van der Waals surface area (Å²) in [5, 5.41) is 5.55. The number of hydrogen-bond donors (Lipinski definition) is 2. The van der Waals surface area contributed by atoms with Crippen LogP contribution in [0, 0.1) is 5.92 Å². The Hall–Kier alpha value is -1.91. The number of amides is 2. The third-order valence-electron chi connectivity index (χ3n) is 2.47. The Morgan fingerprint density at radius 2 is 2.00 bits per heavy atom. The quantitative estimate of drug-likeness (QED) is 0.864. The van der Waals surface area contributed by atoms with Gasteiger partial charge in [0.25, 0.3) is 0 Å². The second kappa shape index (κ2) is 5.62. The van der Waals surface area contributed by atoms with Gasteiger partial charge in [-0.2, -0.15) is 0 Å². The maximum Gasteiger partial charge on any atom is 0.319 e. The number of fused-ring (bicyclic) bond motifs is 1. The van der Waals surface area contributed by atoms with Crippen molar-refractivity contribution in [2.45, 2.75) is 13.8 Å². The van der Waals surface area contributed by atoms with Crippen LogP contribution in [0.1, 0.15) is 13.8 Å². The third kappa shape index (κ3) is 3.29. The summed E-state index contributed by atoms with van der Waals surface area (Å²) in [6.45, 7) is 5.84. The van der Waals surface area contributed by atoms with Crippen molar-refractivity contribution in [3.05, 3.63) is 18.2 Å². The van der Waals surface area contributed by atoms with E-state index in [1.807, 2.05) is 13.8 Å². The van der Waals surface area contributed by atoms with Gasteiger partial charge in [0.05, 0.1) is 0 Å². The molecule has 1 heterocycles. The van der Waals surface area contributed by atoms with E-state index in [0.717, 1.165) is 5.75 Å². The van der Waals surface area contributed by atoms with Crippen LogP contribution in [0.15, 0.2) is 18.2 Å². The van der Waals surface area contributed by atoms with Gasteiger partial charge in [-0.25, -0.2) is 4.79 Å². The summed E-state index contributed by atoms with van der Waals surface area (Å²) in [4.78, 5) is 11.6. The average molecular weight is 250 g/mol. The predicted octanol–water partition coefficient (Wildman–Crippen LogP) is 2.24. The lowest BCUT2D eigenvalue weighted by atomic mass is 10.2. The standard InChI is InChI=1S/C13H18N2O3/c1-9(2)8-14-13(16)15-10-3-4-11-12(7-10)18-6-5-17-11/h3-4,7,9H,5-6,8H2,1-2H3,(H2,14,15,16). The van der Waals surface area contributed by atoms with Gasteiger partial charge in [-0.3, -0.25) is 0 Å². The van der Waals surface area contributed by atoms with Gasteiger partial charge in [0.1, 0.15) is 13.2 Å². The van der Waals surface area contributed by atoms with Crippen molar-refractivity contribution < 1.29 is 14.3 Å². The number of carbonyl (C=O) groups excluding carboxylic acids is 1. The van der Waals surface area contributed by atoms with Crippen molar-refractivity contribution in [3.8, 4) is 11.5 Å². The summed E-state index contributed by atoms with van der Waals surface area (Å²) in [7, 11) is 0. The Balaban J connectivity index is 1.95.